The van der Waals surface area contributed by atoms with Crippen molar-refractivity contribution in [3.8, 4) is 22.8 Å². The van der Waals surface area contributed by atoms with Gasteiger partial charge in [0.25, 0.3) is 0 Å². The number of rotatable bonds is 8. The molecule has 1 fully saturated rings. The quantitative estimate of drug-likeness (QED) is 0.264. The first-order valence-corrected chi connectivity index (χ1v) is 13.6. The zero-order chi connectivity index (χ0) is 27.5. The Labute approximate surface area is 228 Å². The number of methoxy groups -OCH3 is 1. The van der Waals surface area contributed by atoms with Crippen molar-refractivity contribution >= 4 is 32.5 Å². The Hall–Kier alpha value is -3.60. The third kappa shape index (κ3) is 4.52. The summed E-state index contributed by atoms with van der Waals surface area (Å²) in [6, 6.07) is 11.2. The van der Waals surface area contributed by atoms with Gasteiger partial charge < -0.3 is 26.0 Å². The number of nitrogens with zero attached hydrogens (tertiary/aromatic N) is 2. The van der Waals surface area contributed by atoms with Gasteiger partial charge in [0.2, 0.25) is 0 Å². The molecule has 5 N–H and O–H groups in total. The third-order valence-corrected chi connectivity index (χ3v) is 8.50. The second kappa shape index (κ2) is 9.25. The molecule has 2 aliphatic rings. The fourth-order valence-electron chi connectivity index (χ4n) is 5.31. The predicted molar refractivity (Wildman–Crippen MR) is 147 cm³/mol. The van der Waals surface area contributed by atoms with Crippen LogP contribution in [0.5, 0.6) is 11.5 Å². The van der Waals surface area contributed by atoms with Gasteiger partial charge in [-0.25, -0.2) is 14.4 Å². The fraction of sp³-hybridized carbons (Fsp3) is 0.345. The number of ether oxygens (including phenoxy) is 2. The van der Waals surface area contributed by atoms with Crippen molar-refractivity contribution in [2.75, 3.05) is 19.5 Å². The number of nitrogen functional groups attached to an aromatic ring is 1. The summed E-state index contributed by atoms with van der Waals surface area (Å²) in [5, 5.41) is 12.5. The molecule has 0 radical (unpaired) electrons. The second-order valence-electron chi connectivity index (χ2n) is 10.6. The molecule has 2 atom stereocenters. The van der Waals surface area contributed by atoms with Crippen LogP contribution in [-0.2, 0) is 11.1 Å². The third-order valence-electron chi connectivity index (χ3n) is 7.67. The molecule has 6 rings (SSSR count). The van der Waals surface area contributed by atoms with Gasteiger partial charge in [-0.1, -0.05) is 11.3 Å². The van der Waals surface area contributed by atoms with Crippen LogP contribution in [0.15, 0.2) is 42.5 Å². The minimum atomic E-state index is -1.35. The minimum Gasteiger partial charge on any atom is -0.494 e. The number of anilines is 1. The summed E-state index contributed by atoms with van der Waals surface area (Å²) in [6.07, 6.45) is 1.92. The van der Waals surface area contributed by atoms with E-state index in [1.165, 1.54) is 30.6 Å². The minimum absolute atomic E-state index is 0.0402. The van der Waals surface area contributed by atoms with Gasteiger partial charge in [-0.15, -0.1) is 0 Å². The van der Waals surface area contributed by atoms with Gasteiger partial charge in [0.05, 0.1) is 23.0 Å². The summed E-state index contributed by atoms with van der Waals surface area (Å²) in [7, 11) is 1.53. The molecule has 0 unspecified atom stereocenters. The molecule has 0 spiro atoms. The zero-order valence-corrected chi connectivity index (χ0v) is 22.5. The van der Waals surface area contributed by atoms with E-state index >= 15 is 0 Å². The second-order valence-corrected chi connectivity index (χ2v) is 11.7. The molecule has 2 aromatic heterocycles. The summed E-state index contributed by atoms with van der Waals surface area (Å²) < 4.78 is 25.8. The van der Waals surface area contributed by atoms with Crippen molar-refractivity contribution in [2.45, 2.75) is 43.7 Å². The number of hydrogen-bond acceptors (Lipinski definition) is 9. The first-order valence-electron chi connectivity index (χ1n) is 12.8. The maximum Gasteiger partial charge on any atom is 0.181 e. The van der Waals surface area contributed by atoms with Crippen LogP contribution in [0.4, 0.5) is 9.52 Å². The molecule has 0 bridgehead atoms. The number of pyridine rings is 1. The van der Waals surface area contributed by atoms with E-state index in [1.54, 1.807) is 24.3 Å². The first-order chi connectivity index (χ1) is 18.6. The monoisotopic (exact) mass is 548 g/mol. The lowest BCUT2D eigenvalue weighted by molar-refractivity contribution is -0.00116. The zero-order valence-electron chi connectivity index (χ0n) is 21.7. The average molecular weight is 549 g/mol. The van der Waals surface area contributed by atoms with Gasteiger partial charge in [0.15, 0.2) is 16.7 Å². The topological polar surface area (TPSA) is 134 Å². The largest absolute Gasteiger partial charge is 0.494 e. The standard InChI is InChI=1S/C29H29FN4O4S/c1-28(32)14-38-26-19(28)13-23(33-24(26)15-3-7-18(30)8-4-15)29(36,17-5-6-17)10-9-20(35)16-11-21(37-2)25-22(12-16)39-27(31)34-25/h3-4,7-8,11-13,17,36H,5-6,9-10,14,32H2,1-2H3,(H2,31,34)/t28-,29+/m0/s1. The van der Waals surface area contributed by atoms with E-state index in [9.17, 15) is 14.3 Å². The lowest BCUT2D eigenvalue weighted by Crippen LogP contribution is -2.35. The van der Waals surface area contributed by atoms with E-state index in [1.807, 2.05) is 13.0 Å². The molecular weight excluding hydrogens is 519 g/mol. The van der Waals surface area contributed by atoms with Crippen LogP contribution in [-0.4, -0.2) is 34.6 Å². The average Bonchev–Trinajstić information content (AvgIpc) is 3.64. The molecule has 8 nitrogen and oxygen atoms in total. The van der Waals surface area contributed by atoms with E-state index < -0.39 is 11.1 Å². The van der Waals surface area contributed by atoms with Crippen molar-refractivity contribution in [3.05, 3.63) is 65.1 Å². The molecule has 3 heterocycles. The van der Waals surface area contributed by atoms with Gasteiger partial charge >= 0.3 is 0 Å². The number of Topliss-reactive ketones (excluding diaryl/α,β-unsaturated/α-hetero) is 1. The van der Waals surface area contributed by atoms with Crippen LogP contribution in [0.3, 0.4) is 0 Å². The summed E-state index contributed by atoms with van der Waals surface area (Å²) >= 11 is 1.29. The van der Waals surface area contributed by atoms with Crippen LogP contribution in [0.1, 0.15) is 54.2 Å². The van der Waals surface area contributed by atoms with Crippen molar-refractivity contribution < 1.29 is 23.8 Å². The van der Waals surface area contributed by atoms with Gasteiger partial charge in [0.1, 0.15) is 35.0 Å². The number of fused-ring (bicyclic) bond motifs is 2. The van der Waals surface area contributed by atoms with Crippen molar-refractivity contribution in [2.24, 2.45) is 11.7 Å². The van der Waals surface area contributed by atoms with E-state index in [2.05, 4.69) is 4.98 Å². The Morgan fingerprint density at radius 1 is 1.26 bits per heavy atom. The highest BCUT2D eigenvalue weighted by Crippen LogP contribution is 2.51. The van der Waals surface area contributed by atoms with E-state index in [4.69, 9.17) is 25.9 Å². The summed E-state index contributed by atoms with van der Waals surface area (Å²) in [5.41, 5.74) is 13.7. The molecule has 0 saturated heterocycles. The van der Waals surface area contributed by atoms with E-state index in [0.29, 0.717) is 44.7 Å². The number of ketones is 1. The van der Waals surface area contributed by atoms with Crippen molar-refractivity contribution in [1.82, 2.24) is 9.97 Å². The molecule has 1 aliphatic heterocycles. The molecule has 1 aliphatic carbocycles. The Kier molecular flexibility index (Phi) is 6.09. The molecule has 10 heteroatoms. The normalized spacial score (nSPS) is 19.9. The number of aliphatic hydroxyl groups is 1. The lowest BCUT2D eigenvalue weighted by Gasteiger charge is -2.29. The molecule has 1 saturated carbocycles. The van der Waals surface area contributed by atoms with Crippen LogP contribution < -0.4 is 20.9 Å². The predicted octanol–water partition coefficient (Wildman–Crippen LogP) is 4.92. The van der Waals surface area contributed by atoms with Gasteiger partial charge in [-0.2, -0.15) is 0 Å². The fourth-order valence-corrected chi connectivity index (χ4v) is 6.10. The summed E-state index contributed by atoms with van der Waals surface area (Å²) in [5.74, 6) is 0.483. The molecule has 2 aromatic carbocycles. The summed E-state index contributed by atoms with van der Waals surface area (Å²) in [6.45, 7) is 2.13. The van der Waals surface area contributed by atoms with Crippen LogP contribution in [0.2, 0.25) is 0 Å². The Morgan fingerprint density at radius 2 is 2.00 bits per heavy atom. The van der Waals surface area contributed by atoms with Gasteiger partial charge in [-0.3, -0.25) is 4.79 Å². The van der Waals surface area contributed by atoms with Crippen LogP contribution in [0.25, 0.3) is 21.5 Å². The number of carbonyl (C=O) groups is 1. The highest BCUT2D eigenvalue weighted by Gasteiger charge is 2.48. The van der Waals surface area contributed by atoms with E-state index in [-0.39, 0.29) is 37.0 Å². The first kappa shape index (κ1) is 25.7. The Balaban J connectivity index is 1.36. The SMILES string of the molecule is COc1cc(C(=O)CC[C@](O)(c2cc3c(c(-c4ccc(F)cc4)n2)OC[C@]3(C)N)C2CC2)cc2sc(N)nc12. The van der Waals surface area contributed by atoms with Gasteiger partial charge in [-0.05, 0) is 74.6 Å². The maximum atomic E-state index is 13.7. The molecule has 202 valence electrons. The Bertz CT molecular complexity index is 1600. The number of nitrogens with two attached hydrogens (primary N) is 2. The molecule has 39 heavy (non-hydrogen) atoms. The molecule has 0 amide bonds. The van der Waals surface area contributed by atoms with Crippen molar-refractivity contribution in [3.63, 3.8) is 0 Å². The maximum absolute atomic E-state index is 13.7. The van der Waals surface area contributed by atoms with Gasteiger partial charge in [0, 0.05) is 23.1 Å². The van der Waals surface area contributed by atoms with E-state index in [0.717, 1.165) is 23.1 Å². The van der Waals surface area contributed by atoms with Crippen molar-refractivity contribution in [1.29, 1.82) is 0 Å². The highest BCUT2D eigenvalue weighted by molar-refractivity contribution is 7.22. The number of aromatic nitrogens is 2. The highest BCUT2D eigenvalue weighted by atomic mass is 32.1. The number of hydrogen-bond donors (Lipinski definition) is 3. The van der Waals surface area contributed by atoms with Crippen LogP contribution >= 0.6 is 11.3 Å². The molecular formula is C29H29FN4O4S. The lowest BCUT2D eigenvalue weighted by atomic mass is 9.83. The van der Waals surface area contributed by atoms with Crippen LogP contribution in [0, 0.1) is 11.7 Å². The number of halogens is 1. The summed E-state index contributed by atoms with van der Waals surface area (Å²) in [4.78, 5) is 22.5. The smallest absolute Gasteiger partial charge is 0.181 e. The Morgan fingerprint density at radius 3 is 2.69 bits per heavy atom. The molecule has 4 aromatic rings. The number of thiazole rings is 1. The number of carbonyl (C=O) groups excluding carboxylic acids is 1. The number of benzene rings is 2.